The van der Waals surface area contributed by atoms with Crippen LogP contribution in [0.1, 0.15) is 51.0 Å². The molecule has 1 aliphatic carbocycles. The van der Waals surface area contributed by atoms with Gasteiger partial charge < -0.3 is 15.5 Å². The third kappa shape index (κ3) is 5.36. The molecule has 28 heavy (non-hydrogen) atoms. The molecular formula is C21H32FIN4O. The summed E-state index contributed by atoms with van der Waals surface area (Å²) in [5.74, 6) is 0.894. The number of nitrogens with one attached hydrogen (secondary N) is 2. The molecule has 1 heterocycles. The van der Waals surface area contributed by atoms with E-state index in [4.69, 9.17) is 0 Å². The van der Waals surface area contributed by atoms with E-state index in [0.29, 0.717) is 19.0 Å². The van der Waals surface area contributed by atoms with Gasteiger partial charge in [-0.1, -0.05) is 25.1 Å². The van der Waals surface area contributed by atoms with Crippen LogP contribution in [0, 0.1) is 5.82 Å². The van der Waals surface area contributed by atoms with Crippen LogP contribution in [0.2, 0.25) is 0 Å². The third-order valence-electron chi connectivity index (χ3n) is 5.91. The first kappa shape index (κ1) is 22.9. The molecule has 2 N–H and O–H groups in total. The molecule has 2 fully saturated rings. The Hall–Kier alpha value is -1.38. The van der Waals surface area contributed by atoms with Gasteiger partial charge in [-0.25, -0.2) is 4.39 Å². The van der Waals surface area contributed by atoms with E-state index in [-0.39, 0.29) is 41.1 Å². The van der Waals surface area contributed by atoms with Gasteiger partial charge in [-0.15, -0.1) is 24.0 Å². The molecular weight excluding hydrogens is 470 g/mol. The van der Waals surface area contributed by atoms with Crippen LogP contribution in [0.4, 0.5) is 4.39 Å². The van der Waals surface area contributed by atoms with Crippen molar-refractivity contribution >= 4 is 35.8 Å². The molecule has 1 aromatic carbocycles. The molecule has 156 valence electrons. The van der Waals surface area contributed by atoms with Crippen molar-refractivity contribution in [2.24, 2.45) is 4.99 Å². The van der Waals surface area contributed by atoms with Crippen molar-refractivity contribution in [3.8, 4) is 0 Å². The lowest BCUT2D eigenvalue weighted by Gasteiger charge is -2.27. The van der Waals surface area contributed by atoms with Crippen molar-refractivity contribution in [3.63, 3.8) is 0 Å². The van der Waals surface area contributed by atoms with Crippen molar-refractivity contribution in [3.05, 3.63) is 35.6 Å². The van der Waals surface area contributed by atoms with Crippen molar-refractivity contribution in [2.75, 3.05) is 26.7 Å². The van der Waals surface area contributed by atoms with E-state index in [1.54, 1.807) is 13.1 Å². The lowest BCUT2D eigenvalue weighted by Crippen LogP contribution is -2.44. The van der Waals surface area contributed by atoms with E-state index in [2.05, 4.69) is 22.5 Å². The zero-order chi connectivity index (χ0) is 19.3. The van der Waals surface area contributed by atoms with Crippen LogP contribution in [0.5, 0.6) is 0 Å². The summed E-state index contributed by atoms with van der Waals surface area (Å²) in [6.45, 7) is 4.45. The molecule has 5 nitrogen and oxygen atoms in total. The number of hydrogen-bond acceptors (Lipinski definition) is 2. The Kier molecular flexibility index (Phi) is 8.52. The standard InChI is InChI=1S/C21H31FN4O.HI/c1-3-16(26-14-6-9-19(26)27)10-13-24-20(23-2)25-15-21(11-12-21)17-7-4-5-8-18(17)22;/h4-5,7-8,16H,3,6,9-15H2,1-2H3,(H2,23,24,25);1H. The highest BCUT2D eigenvalue weighted by Gasteiger charge is 2.45. The number of carbonyl (C=O) groups is 1. The monoisotopic (exact) mass is 502 g/mol. The normalized spacial score (nSPS) is 19.2. The Balaban J connectivity index is 0.00000280. The van der Waals surface area contributed by atoms with Crippen LogP contribution < -0.4 is 10.6 Å². The smallest absolute Gasteiger partial charge is 0.222 e. The number of aliphatic imine (C=N–C) groups is 1. The highest BCUT2D eigenvalue weighted by atomic mass is 127. The number of guanidine groups is 1. The minimum absolute atomic E-state index is 0. The summed E-state index contributed by atoms with van der Waals surface area (Å²) < 4.78 is 14.1. The van der Waals surface area contributed by atoms with Gasteiger partial charge in [-0.2, -0.15) is 0 Å². The molecule has 1 saturated carbocycles. The number of benzene rings is 1. The molecule has 1 aliphatic heterocycles. The SMILES string of the molecule is CCC(CCNC(=NC)NCC1(c2ccccc2F)CC1)N1CCCC1=O.I. The number of hydrogen-bond donors (Lipinski definition) is 2. The first-order valence-electron chi connectivity index (χ1n) is 10.1. The van der Waals surface area contributed by atoms with Crippen molar-refractivity contribution < 1.29 is 9.18 Å². The fourth-order valence-electron chi connectivity index (χ4n) is 4.05. The Morgan fingerprint density at radius 1 is 1.32 bits per heavy atom. The quantitative estimate of drug-likeness (QED) is 0.326. The second-order valence-electron chi connectivity index (χ2n) is 7.65. The number of rotatable bonds is 8. The van der Waals surface area contributed by atoms with Gasteiger partial charge >= 0.3 is 0 Å². The minimum Gasteiger partial charge on any atom is -0.356 e. The summed E-state index contributed by atoms with van der Waals surface area (Å²) in [6, 6.07) is 7.35. The summed E-state index contributed by atoms with van der Waals surface area (Å²) in [7, 11) is 1.75. The lowest BCUT2D eigenvalue weighted by molar-refractivity contribution is -0.129. The van der Waals surface area contributed by atoms with Crippen molar-refractivity contribution in [2.45, 2.75) is 56.9 Å². The number of likely N-dealkylation sites (tertiary alicyclic amines) is 1. The van der Waals surface area contributed by atoms with Crippen LogP contribution in [0.3, 0.4) is 0 Å². The predicted molar refractivity (Wildman–Crippen MR) is 122 cm³/mol. The molecule has 0 bridgehead atoms. The summed E-state index contributed by atoms with van der Waals surface area (Å²) in [6.07, 6.45) is 5.52. The molecule has 1 atom stereocenters. The second-order valence-corrected chi connectivity index (χ2v) is 7.65. The van der Waals surface area contributed by atoms with Gasteiger partial charge in [0.05, 0.1) is 0 Å². The molecule has 1 unspecified atom stereocenters. The Labute approximate surface area is 184 Å². The fraction of sp³-hybridized carbons (Fsp3) is 0.619. The van der Waals surface area contributed by atoms with E-state index in [9.17, 15) is 9.18 Å². The van der Waals surface area contributed by atoms with Crippen LogP contribution in [0.15, 0.2) is 29.3 Å². The van der Waals surface area contributed by atoms with Crippen molar-refractivity contribution in [1.29, 1.82) is 0 Å². The summed E-state index contributed by atoms with van der Waals surface area (Å²) in [5.41, 5.74) is 0.684. The van der Waals surface area contributed by atoms with Crippen LogP contribution >= 0.6 is 24.0 Å². The number of halogens is 2. The average molecular weight is 502 g/mol. The van der Waals surface area contributed by atoms with Gasteiger partial charge in [0.2, 0.25) is 5.91 Å². The molecule has 7 heteroatoms. The Bertz CT molecular complexity index is 693. The molecule has 1 aromatic rings. The molecule has 0 aromatic heterocycles. The number of amides is 1. The second kappa shape index (κ2) is 10.4. The highest BCUT2D eigenvalue weighted by Crippen LogP contribution is 2.48. The summed E-state index contributed by atoms with van der Waals surface area (Å²) in [4.78, 5) is 18.3. The number of nitrogens with zero attached hydrogens (tertiary/aromatic N) is 2. The molecule has 0 radical (unpaired) electrons. The third-order valence-corrected chi connectivity index (χ3v) is 5.91. The first-order valence-corrected chi connectivity index (χ1v) is 10.1. The van der Waals surface area contributed by atoms with Crippen LogP contribution in [-0.2, 0) is 10.2 Å². The van der Waals surface area contributed by atoms with Gasteiger partial charge in [0.15, 0.2) is 5.96 Å². The van der Waals surface area contributed by atoms with Crippen LogP contribution in [0.25, 0.3) is 0 Å². The predicted octanol–water partition coefficient (Wildman–Crippen LogP) is 3.43. The summed E-state index contributed by atoms with van der Waals surface area (Å²) in [5, 5.41) is 6.71. The van der Waals surface area contributed by atoms with Gasteiger partial charge in [0.1, 0.15) is 5.82 Å². The molecule has 0 spiro atoms. The molecule has 1 amide bonds. The zero-order valence-corrected chi connectivity index (χ0v) is 19.2. The number of carbonyl (C=O) groups excluding carboxylic acids is 1. The highest BCUT2D eigenvalue weighted by molar-refractivity contribution is 14.0. The summed E-state index contributed by atoms with van der Waals surface area (Å²) >= 11 is 0. The van der Waals surface area contributed by atoms with Gasteiger partial charge in [-0.05, 0) is 43.7 Å². The fourth-order valence-corrected chi connectivity index (χ4v) is 4.05. The lowest BCUT2D eigenvalue weighted by atomic mass is 9.95. The van der Waals surface area contributed by atoms with Gasteiger partial charge in [0.25, 0.3) is 0 Å². The Morgan fingerprint density at radius 2 is 2.07 bits per heavy atom. The van der Waals surface area contributed by atoms with E-state index < -0.39 is 0 Å². The van der Waals surface area contributed by atoms with Crippen molar-refractivity contribution in [1.82, 2.24) is 15.5 Å². The first-order chi connectivity index (χ1) is 13.1. The topological polar surface area (TPSA) is 56.7 Å². The maximum absolute atomic E-state index is 14.1. The van der Waals surface area contributed by atoms with E-state index in [1.807, 2.05) is 17.0 Å². The van der Waals surface area contributed by atoms with Gasteiger partial charge in [0, 0.05) is 44.6 Å². The maximum Gasteiger partial charge on any atom is 0.222 e. The van der Waals surface area contributed by atoms with Gasteiger partial charge in [-0.3, -0.25) is 9.79 Å². The van der Waals surface area contributed by atoms with E-state index >= 15 is 0 Å². The Morgan fingerprint density at radius 3 is 2.64 bits per heavy atom. The average Bonchev–Trinajstić information content (AvgIpc) is 3.35. The minimum atomic E-state index is -0.124. The van der Waals surface area contributed by atoms with E-state index in [1.165, 1.54) is 6.07 Å². The maximum atomic E-state index is 14.1. The van der Waals surface area contributed by atoms with Crippen LogP contribution in [-0.4, -0.2) is 49.5 Å². The van der Waals surface area contributed by atoms with E-state index in [0.717, 1.165) is 56.7 Å². The molecule has 3 rings (SSSR count). The largest absolute Gasteiger partial charge is 0.356 e. The molecule has 1 saturated heterocycles. The molecule has 2 aliphatic rings. The zero-order valence-electron chi connectivity index (χ0n) is 16.8.